The van der Waals surface area contributed by atoms with Crippen molar-refractivity contribution in [3.63, 3.8) is 0 Å². The number of carbonyl (C=O) groups excluding carboxylic acids is 1. The van der Waals surface area contributed by atoms with Crippen molar-refractivity contribution >= 4 is 29.7 Å². The number of carbonyl (C=O) groups is 1. The first-order valence-electron chi connectivity index (χ1n) is 5.23. The summed E-state index contributed by atoms with van der Waals surface area (Å²) in [4.78, 5) is 13.6. The maximum atomic E-state index is 11.7. The van der Waals surface area contributed by atoms with Crippen LogP contribution in [0.5, 0.6) is 0 Å². The molecule has 1 aromatic rings. The van der Waals surface area contributed by atoms with E-state index in [1.54, 1.807) is 0 Å². The predicted octanol–water partition coefficient (Wildman–Crippen LogP) is 2.09. The van der Waals surface area contributed by atoms with E-state index >= 15 is 0 Å². The average Bonchev–Trinajstić information content (AvgIpc) is 2.58. The smallest absolute Gasteiger partial charge is 0.261 e. The molecular weight excluding hydrogens is 244 g/mol. The summed E-state index contributed by atoms with van der Waals surface area (Å²) in [5.74, 6) is 0.00447. The molecule has 90 valence electrons. The van der Waals surface area contributed by atoms with Crippen molar-refractivity contribution in [2.75, 3.05) is 6.54 Å². The van der Waals surface area contributed by atoms with Gasteiger partial charge in [0, 0.05) is 17.0 Å². The third kappa shape index (κ3) is 2.97. The normalized spacial score (nSPS) is 17.1. The minimum Gasteiger partial charge on any atom is -0.349 e. The molecule has 0 radical (unpaired) electrons. The minimum absolute atomic E-state index is 0. The van der Waals surface area contributed by atoms with Crippen LogP contribution in [-0.4, -0.2) is 18.0 Å². The van der Waals surface area contributed by atoms with Crippen LogP contribution < -0.4 is 11.1 Å². The lowest BCUT2D eigenvalue weighted by molar-refractivity contribution is 0.0934. The summed E-state index contributed by atoms with van der Waals surface area (Å²) in [6, 6.07) is 3.82. The summed E-state index contributed by atoms with van der Waals surface area (Å²) in [7, 11) is 0. The van der Waals surface area contributed by atoms with Crippen molar-refractivity contribution in [2.45, 2.75) is 31.7 Å². The Morgan fingerprint density at radius 3 is 2.69 bits per heavy atom. The number of hydrogen-bond donors (Lipinski definition) is 2. The second-order valence-electron chi connectivity index (χ2n) is 4.31. The Hall–Kier alpha value is -0.580. The number of thiophene rings is 1. The fraction of sp³-hybridized carbons (Fsp3) is 0.545. The molecule has 3 nitrogen and oxygen atoms in total. The van der Waals surface area contributed by atoms with Gasteiger partial charge in [-0.2, -0.15) is 0 Å². The Bertz CT molecular complexity index is 374. The summed E-state index contributed by atoms with van der Waals surface area (Å²) in [6.45, 7) is 2.60. The number of nitrogens with two attached hydrogens (primary N) is 1. The largest absolute Gasteiger partial charge is 0.349 e. The lowest BCUT2D eigenvalue weighted by Crippen LogP contribution is -2.54. The molecule has 1 amide bonds. The molecule has 2 rings (SSSR count). The molecule has 1 aromatic heterocycles. The molecule has 5 heteroatoms. The molecule has 1 heterocycles. The number of rotatable bonds is 3. The molecular formula is C11H17ClN2OS. The molecule has 0 bridgehead atoms. The molecule has 1 aliphatic rings. The van der Waals surface area contributed by atoms with Crippen LogP contribution in [0.4, 0.5) is 0 Å². The van der Waals surface area contributed by atoms with Crippen molar-refractivity contribution in [1.82, 2.24) is 5.32 Å². The van der Waals surface area contributed by atoms with E-state index in [4.69, 9.17) is 5.73 Å². The second-order valence-corrected chi connectivity index (χ2v) is 5.60. The molecule has 0 unspecified atom stereocenters. The van der Waals surface area contributed by atoms with E-state index in [9.17, 15) is 4.79 Å². The quantitative estimate of drug-likeness (QED) is 0.874. The van der Waals surface area contributed by atoms with Crippen LogP contribution in [-0.2, 0) is 0 Å². The number of halogens is 1. The summed E-state index contributed by atoms with van der Waals surface area (Å²) in [5, 5.41) is 2.90. The Kier molecular flexibility index (Phi) is 4.35. The zero-order valence-corrected chi connectivity index (χ0v) is 10.9. The van der Waals surface area contributed by atoms with Crippen molar-refractivity contribution in [2.24, 2.45) is 5.73 Å². The summed E-state index contributed by atoms with van der Waals surface area (Å²) in [5.41, 5.74) is 5.89. The van der Waals surface area contributed by atoms with E-state index in [-0.39, 0.29) is 23.9 Å². The van der Waals surface area contributed by atoms with Gasteiger partial charge in [0.2, 0.25) is 0 Å². The first-order chi connectivity index (χ1) is 7.09. The predicted molar refractivity (Wildman–Crippen MR) is 69.4 cm³/mol. The SMILES string of the molecule is Cc1ccc(C(=O)NCC2(N)CCC2)s1.Cl. The Morgan fingerprint density at radius 1 is 1.56 bits per heavy atom. The van der Waals surface area contributed by atoms with Crippen molar-refractivity contribution in [1.29, 1.82) is 0 Å². The van der Waals surface area contributed by atoms with Crippen LogP contribution in [0.25, 0.3) is 0 Å². The van der Waals surface area contributed by atoms with Gasteiger partial charge in [0.1, 0.15) is 0 Å². The van der Waals surface area contributed by atoms with E-state index in [2.05, 4.69) is 5.32 Å². The van der Waals surface area contributed by atoms with Gasteiger partial charge in [0.25, 0.3) is 5.91 Å². The van der Waals surface area contributed by atoms with Crippen LogP contribution in [0.15, 0.2) is 12.1 Å². The van der Waals surface area contributed by atoms with Crippen LogP contribution in [0.3, 0.4) is 0 Å². The highest BCUT2D eigenvalue weighted by atomic mass is 35.5. The average molecular weight is 261 g/mol. The highest BCUT2D eigenvalue weighted by Gasteiger charge is 2.32. The molecule has 0 aromatic carbocycles. The van der Waals surface area contributed by atoms with Crippen LogP contribution >= 0.6 is 23.7 Å². The zero-order chi connectivity index (χ0) is 10.9. The Morgan fingerprint density at radius 2 is 2.25 bits per heavy atom. The molecule has 1 saturated carbocycles. The summed E-state index contributed by atoms with van der Waals surface area (Å²) >= 11 is 1.52. The van der Waals surface area contributed by atoms with Crippen LogP contribution in [0, 0.1) is 6.92 Å². The molecule has 0 saturated heterocycles. The minimum atomic E-state index is -0.137. The van der Waals surface area contributed by atoms with Gasteiger partial charge < -0.3 is 11.1 Å². The molecule has 0 spiro atoms. The molecule has 3 N–H and O–H groups in total. The molecule has 0 aliphatic heterocycles. The lowest BCUT2D eigenvalue weighted by atomic mass is 9.78. The van der Waals surface area contributed by atoms with Crippen LogP contribution in [0.2, 0.25) is 0 Å². The topological polar surface area (TPSA) is 55.1 Å². The second kappa shape index (κ2) is 5.17. The fourth-order valence-electron chi connectivity index (χ4n) is 1.71. The first kappa shape index (κ1) is 13.5. The van der Waals surface area contributed by atoms with Crippen molar-refractivity contribution in [3.05, 3.63) is 21.9 Å². The van der Waals surface area contributed by atoms with Crippen molar-refractivity contribution < 1.29 is 4.79 Å². The maximum Gasteiger partial charge on any atom is 0.261 e. The fourth-order valence-corrected chi connectivity index (χ4v) is 2.49. The van der Waals surface area contributed by atoms with E-state index in [0.717, 1.165) is 22.6 Å². The summed E-state index contributed by atoms with van der Waals surface area (Å²) < 4.78 is 0. The Balaban J connectivity index is 0.00000128. The van der Waals surface area contributed by atoms with Gasteiger partial charge in [-0.15, -0.1) is 23.7 Å². The molecule has 1 aliphatic carbocycles. The summed E-state index contributed by atoms with van der Waals surface area (Å²) in [6.07, 6.45) is 3.23. The molecule has 0 atom stereocenters. The third-order valence-electron chi connectivity index (χ3n) is 2.91. The maximum absolute atomic E-state index is 11.7. The van der Waals surface area contributed by atoms with Crippen molar-refractivity contribution in [3.8, 4) is 0 Å². The van der Waals surface area contributed by atoms with Gasteiger partial charge in [-0.1, -0.05) is 0 Å². The highest BCUT2D eigenvalue weighted by molar-refractivity contribution is 7.13. The van der Waals surface area contributed by atoms with Gasteiger partial charge in [-0.25, -0.2) is 0 Å². The van der Waals surface area contributed by atoms with Crippen LogP contribution in [0.1, 0.15) is 33.8 Å². The van der Waals surface area contributed by atoms with E-state index in [1.165, 1.54) is 17.8 Å². The molecule has 16 heavy (non-hydrogen) atoms. The third-order valence-corrected chi connectivity index (χ3v) is 3.91. The lowest BCUT2D eigenvalue weighted by Gasteiger charge is -2.38. The zero-order valence-electron chi connectivity index (χ0n) is 9.29. The van der Waals surface area contributed by atoms with E-state index in [0.29, 0.717) is 6.54 Å². The Labute approximate surface area is 106 Å². The first-order valence-corrected chi connectivity index (χ1v) is 6.04. The van der Waals surface area contributed by atoms with Gasteiger partial charge in [0.15, 0.2) is 0 Å². The number of aryl methyl sites for hydroxylation is 1. The van der Waals surface area contributed by atoms with Gasteiger partial charge >= 0.3 is 0 Å². The van der Waals surface area contributed by atoms with Gasteiger partial charge in [-0.05, 0) is 38.3 Å². The standard InChI is InChI=1S/C11H16N2OS.ClH/c1-8-3-4-9(15-8)10(14)13-7-11(12)5-2-6-11;/h3-4H,2,5-7,12H2,1H3,(H,13,14);1H. The number of amides is 1. The van der Waals surface area contributed by atoms with E-state index < -0.39 is 0 Å². The number of nitrogens with one attached hydrogen (secondary N) is 1. The van der Waals surface area contributed by atoms with Gasteiger partial charge in [0.05, 0.1) is 4.88 Å². The monoisotopic (exact) mass is 260 g/mol. The van der Waals surface area contributed by atoms with Gasteiger partial charge in [-0.3, -0.25) is 4.79 Å². The number of hydrogen-bond acceptors (Lipinski definition) is 3. The molecule has 1 fully saturated rings. The highest BCUT2D eigenvalue weighted by Crippen LogP contribution is 2.28. The van der Waals surface area contributed by atoms with E-state index in [1.807, 2.05) is 19.1 Å².